The van der Waals surface area contributed by atoms with Crippen LogP contribution in [-0.4, -0.2) is 5.78 Å². The highest BCUT2D eigenvalue weighted by Gasteiger charge is 2.16. The van der Waals surface area contributed by atoms with Gasteiger partial charge in [-0.05, 0) is 36.4 Å². The van der Waals surface area contributed by atoms with Crippen LogP contribution in [0, 0.1) is 5.82 Å². The smallest absolute Gasteiger partial charge is 0.196 e. The Hall–Kier alpha value is -1.39. The van der Waals surface area contributed by atoms with Gasteiger partial charge < -0.3 is 5.73 Å². The Morgan fingerprint density at radius 2 is 1.89 bits per heavy atom. The number of benzene rings is 2. The fourth-order valence-electron chi connectivity index (χ4n) is 1.56. The van der Waals surface area contributed by atoms with Gasteiger partial charge in [0.05, 0.1) is 5.02 Å². The van der Waals surface area contributed by atoms with Gasteiger partial charge in [-0.15, -0.1) is 0 Å². The molecular formula is C13H8BrClFNO. The molecule has 0 amide bonds. The number of nitrogens with two attached hydrogens (primary N) is 1. The number of rotatable bonds is 2. The van der Waals surface area contributed by atoms with Crippen molar-refractivity contribution in [3.63, 3.8) is 0 Å². The lowest BCUT2D eigenvalue weighted by atomic mass is 10.0. The highest BCUT2D eigenvalue weighted by Crippen LogP contribution is 2.25. The molecule has 2 aromatic carbocycles. The van der Waals surface area contributed by atoms with Crippen molar-refractivity contribution in [1.82, 2.24) is 0 Å². The molecule has 0 bridgehead atoms. The fourth-order valence-corrected chi connectivity index (χ4v) is 2.14. The number of carbonyl (C=O) groups is 1. The Bertz CT molecular complexity index is 630. The molecule has 5 heteroatoms. The number of anilines is 1. The van der Waals surface area contributed by atoms with Crippen LogP contribution in [0.1, 0.15) is 15.9 Å². The van der Waals surface area contributed by atoms with Crippen LogP contribution in [0.3, 0.4) is 0 Å². The summed E-state index contributed by atoms with van der Waals surface area (Å²) in [6.07, 6.45) is 0. The molecule has 0 heterocycles. The number of nitrogen functional groups attached to an aromatic ring is 1. The zero-order chi connectivity index (χ0) is 13.3. The van der Waals surface area contributed by atoms with E-state index in [1.54, 1.807) is 18.2 Å². The van der Waals surface area contributed by atoms with Gasteiger partial charge in [-0.3, -0.25) is 4.79 Å². The molecule has 0 spiro atoms. The molecule has 0 aliphatic rings. The van der Waals surface area contributed by atoms with Gasteiger partial charge in [-0.2, -0.15) is 0 Å². The van der Waals surface area contributed by atoms with Crippen LogP contribution >= 0.6 is 27.5 Å². The molecule has 0 unspecified atom stereocenters. The highest BCUT2D eigenvalue weighted by molar-refractivity contribution is 9.10. The van der Waals surface area contributed by atoms with Gasteiger partial charge in [0.2, 0.25) is 0 Å². The first-order valence-corrected chi connectivity index (χ1v) is 6.21. The summed E-state index contributed by atoms with van der Waals surface area (Å²) in [5, 5.41) is 0.198. The first-order valence-electron chi connectivity index (χ1n) is 5.04. The Labute approximate surface area is 117 Å². The number of hydrogen-bond donors (Lipinski definition) is 1. The summed E-state index contributed by atoms with van der Waals surface area (Å²) in [5.41, 5.74) is 6.47. The third-order valence-electron chi connectivity index (χ3n) is 2.43. The van der Waals surface area contributed by atoms with E-state index in [-0.39, 0.29) is 10.6 Å². The van der Waals surface area contributed by atoms with Crippen LogP contribution < -0.4 is 5.73 Å². The van der Waals surface area contributed by atoms with Crippen LogP contribution in [-0.2, 0) is 0 Å². The van der Waals surface area contributed by atoms with Crippen molar-refractivity contribution in [2.45, 2.75) is 0 Å². The quantitative estimate of drug-likeness (QED) is 0.667. The van der Waals surface area contributed by atoms with E-state index in [0.29, 0.717) is 11.3 Å². The number of hydrogen-bond acceptors (Lipinski definition) is 2. The van der Waals surface area contributed by atoms with E-state index in [1.165, 1.54) is 12.1 Å². The van der Waals surface area contributed by atoms with E-state index in [9.17, 15) is 9.18 Å². The van der Waals surface area contributed by atoms with E-state index in [0.717, 1.165) is 10.5 Å². The second kappa shape index (κ2) is 5.08. The zero-order valence-corrected chi connectivity index (χ0v) is 11.4. The lowest BCUT2D eigenvalue weighted by Crippen LogP contribution is -2.06. The number of ketones is 1. The first-order chi connectivity index (χ1) is 8.49. The predicted molar refractivity (Wildman–Crippen MR) is 73.4 cm³/mol. The normalized spacial score (nSPS) is 10.4. The van der Waals surface area contributed by atoms with Crippen molar-refractivity contribution >= 4 is 39.0 Å². The second-order valence-electron chi connectivity index (χ2n) is 3.68. The molecule has 0 saturated carbocycles. The molecule has 2 rings (SSSR count). The predicted octanol–water partition coefficient (Wildman–Crippen LogP) is 4.05. The lowest BCUT2D eigenvalue weighted by Gasteiger charge is -2.07. The van der Waals surface area contributed by atoms with Gasteiger partial charge in [0.1, 0.15) is 5.82 Å². The van der Waals surface area contributed by atoms with E-state index in [1.807, 2.05) is 0 Å². The van der Waals surface area contributed by atoms with E-state index in [2.05, 4.69) is 15.9 Å². The standard InChI is InChI=1S/C13H8BrClFNO/c14-7-1-3-9(12(17)5-7)13(18)10-6-8(16)2-4-11(10)15/h1-6H,17H2. The Balaban J connectivity index is 2.51. The summed E-state index contributed by atoms with van der Waals surface area (Å²) in [7, 11) is 0. The Morgan fingerprint density at radius 3 is 2.56 bits per heavy atom. The van der Waals surface area contributed by atoms with E-state index in [4.69, 9.17) is 17.3 Å². The van der Waals surface area contributed by atoms with Crippen molar-refractivity contribution in [2.24, 2.45) is 0 Å². The van der Waals surface area contributed by atoms with Gasteiger partial charge in [0, 0.05) is 21.3 Å². The van der Waals surface area contributed by atoms with Crippen molar-refractivity contribution in [1.29, 1.82) is 0 Å². The molecule has 0 saturated heterocycles. The molecule has 0 aliphatic heterocycles. The molecule has 0 radical (unpaired) electrons. The average Bonchev–Trinajstić information content (AvgIpc) is 2.31. The molecule has 0 atom stereocenters. The van der Waals surface area contributed by atoms with Crippen molar-refractivity contribution in [3.8, 4) is 0 Å². The second-order valence-corrected chi connectivity index (χ2v) is 5.01. The summed E-state index contributed by atoms with van der Waals surface area (Å²) < 4.78 is 13.9. The van der Waals surface area contributed by atoms with E-state index < -0.39 is 11.6 Å². The maximum Gasteiger partial charge on any atom is 0.196 e. The molecule has 18 heavy (non-hydrogen) atoms. The van der Waals surface area contributed by atoms with Crippen molar-refractivity contribution in [2.75, 3.05) is 5.73 Å². The fraction of sp³-hybridized carbons (Fsp3) is 0. The largest absolute Gasteiger partial charge is 0.398 e. The SMILES string of the molecule is Nc1cc(Br)ccc1C(=O)c1cc(F)ccc1Cl. The third-order valence-corrected chi connectivity index (χ3v) is 3.25. The first kappa shape index (κ1) is 13.1. The van der Waals surface area contributed by atoms with Gasteiger partial charge in [0.25, 0.3) is 0 Å². The van der Waals surface area contributed by atoms with Crippen LogP contribution in [0.15, 0.2) is 40.9 Å². The summed E-state index contributed by atoms with van der Waals surface area (Å²) in [6, 6.07) is 8.52. The van der Waals surface area contributed by atoms with Crippen LogP contribution in [0.4, 0.5) is 10.1 Å². The monoisotopic (exact) mass is 327 g/mol. The summed E-state index contributed by atoms with van der Waals surface area (Å²) in [6.45, 7) is 0. The zero-order valence-electron chi connectivity index (χ0n) is 9.08. The molecular weight excluding hydrogens is 321 g/mol. The minimum absolute atomic E-state index is 0.102. The minimum atomic E-state index is -0.515. The van der Waals surface area contributed by atoms with E-state index >= 15 is 0 Å². The van der Waals surface area contributed by atoms with Crippen LogP contribution in [0.25, 0.3) is 0 Å². The minimum Gasteiger partial charge on any atom is -0.398 e. The maximum atomic E-state index is 13.1. The van der Waals surface area contributed by atoms with Crippen molar-refractivity contribution in [3.05, 3.63) is 62.8 Å². The summed E-state index contributed by atoms with van der Waals surface area (Å²) >= 11 is 9.14. The van der Waals surface area contributed by atoms with Crippen LogP contribution in [0.5, 0.6) is 0 Å². The number of halogens is 3. The molecule has 2 nitrogen and oxygen atoms in total. The van der Waals surface area contributed by atoms with Crippen LogP contribution in [0.2, 0.25) is 5.02 Å². The van der Waals surface area contributed by atoms with Crippen molar-refractivity contribution < 1.29 is 9.18 Å². The Morgan fingerprint density at radius 1 is 1.17 bits per heavy atom. The molecule has 0 aromatic heterocycles. The summed E-state index contributed by atoms with van der Waals surface area (Å²) in [5.74, 6) is -0.914. The topological polar surface area (TPSA) is 43.1 Å². The van der Waals surface area contributed by atoms with Gasteiger partial charge in [0.15, 0.2) is 5.78 Å². The highest BCUT2D eigenvalue weighted by atomic mass is 79.9. The molecule has 92 valence electrons. The van der Waals surface area contributed by atoms with Gasteiger partial charge in [-0.25, -0.2) is 4.39 Å². The average molecular weight is 329 g/mol. The number of carbonyl (C=O) groups excluding carboxylic acids is 1. The maximum absolute atomic E-state index is 13.1. The summed E-state index contributed by atoms with van der Waals surface area (Å²) in [4.78, 5) is 12.2. The third kappa shape index (κ3) is 2.54. The molecule has 0 fully saturated rings. The molecule has 2 N–H and O–H groups in total. The van der Waals surface area contributed by atoms with Gasteiger partial charge >= 0.3 is 0 Å². The molecule has 0 aliphatic carbocycles. The molecule has 2 aromatic rings. The lowest BCUT2D eigenvalue weighted by molar-refractivity contribution is 0.103. The Kier molecular flexibility index (Phi) is 3.68. The van der Waals surface area contributed by atoms with Gasteiger partial charge in [-0.1, -0.05) is 27.5 Å².